The molecule has 4 amide bonds. The molecule has 1 aromatic carbocycles. The number of imide groups is 1. The molecule has 2 fully saturated rings. The van der Waals surface area contributed by atoms with Crippen LogP contribution >= 0.6 is 0 Å². The van der Waals surface area contributed by atoms with Gasteiger partial charge in [-0.05, 0) is 31.7 Å². The molecule has 0 aromatic heterocycles. The van der Waals surface area contributed by atoms with Gasteiger partial charge in [-0.25, -0.2) is 13.6 Å². The number of carbonyl (C=O) groups excluding carboxylic acids is 3. The summed E-state index contributed by atoms with van der Waals surface area (Å²) in [6.07, 6.45) is 3.26. The van der Waals surface area contributed by atoms with Gasteiger partial charge in [0.05, 0.1) is 6.04 Å². The van der Waals surface area contributed by atoms with Gasteiger partial charge in [0.15, 0.2) is 0 Å². The van der Waals surface area contributed by atoms with E-state index >= 15 is 0 Å². The van der Waals surface area contributed by atoms with Crippen LogP contribution in [0.5, 0.6) is 0 Å². The number of amides is 4. The van der Waals surface area contributed by atoms with Crippen LogP contribution in [0.15, 0.2) is 18.2 Å². The van der Waals surface area contributed by atoms with E-state index in [2.05, 4.69) is 10.6 Å². The van der Waals surface area contributed by atoms with Crippen LogP contribution in [0.1, 0.15) is 51.1 Å². The highest BCUT2D eigenvalue weighted by atomic mass is 19.1. The van der Waals surface area contributed by atoms with Gasteiger partial charge in [-0.15, -0.1) is 0 Å². The summed E-state index contributed by atoms with van der Waals surface area (Å²) in [5.74, 6) is -2.44. The lowest BCUT2D eigenvalue weighted by Gasteiger charge is -2.36. The van der Waals surface area contributed by atoms with Gasteiger partial charge >= 0.3 is 6.03 Å². The van der Waals surface area contributed by atoms with Crippen molar-refractivity contribution in [3.8, 4) is 0 Å². The fraction of sp³-hybridized carbons (Fsp3) is 0.526. The fourth-order valence-electron chi connectivity index (χ4n) is 4.00. The van der Waals surface area contributed by atoms with E-state index < -0.39 is 41.7 Å². The predicted molar refractivity (Wildman–Crippen MR) is 93.5 cm³/mol. The normalized spacial score (nSPS) is 26.2. The Morgan fingerprint density at radius 2 is 2.11 bits per heavy atom. The smallest absolute Gasteiger partial charge is 0.325 e. The number of nitrogens with zero attached hydrogens (tertiary/aromatic N) is 1. The molecule has 1 aliphatic heterocycles. The Hall–Kier alpha value is -2.51. The topological polar surface area (TPSA) is 78.5 Å². The van der Waals surface area contributed by atoms with Crippen LogP contribution in [0.3, 0.4) is 0 Å². The lowest BCUT2D eigenvalue weighted by molar-refractivity contribution is -0.137. The van der Waals surface area contributed by atoms with Crippen LogP contribution in [0.4, 0.5) is 13.6 Å². The van der Waals surface area contributed by atoms with E-state index in [1.165, 1.54) is 6.07 Å². The molecular weight excluding hydrogens is 356 g/mol. The minimum Gasteiger partial charge on any atom is -0.348 e. The van der Waals surface area contributed by atoms with Gasteiger partial charge in [0.25, 0.3) is 5.91 Å². The number of hydrogen-bond acceptors (Lipinski definition) is 3. The molecule has 6 nitrogen and oxygen atoms in total. The SMILES string of the molecule is CC(NC(=O)CN1C(=O)NC2(CCCCC2C)C1=O)c1ccc(F)cc1F. The third-order valence-electron chi connectivity index (χ3n) is 5.61. The van der Waals surface area contributed by atoms with Crippen molar-refractivity contribution in [2.24, 2.45) is 5.92 Å². The first-order valence-corrected chi connectivity index (χ1v) is 9.13. The van der Waals surface area contributed by atoms with Crippen molar-refractivity contribution in [3.63, 3.8) is 0 Å². The van der Waals surface area contributed by atoms with Gasteiger partial charge in [0, 0.05) is 11.6 Å². The number of carbonyl (C=O) groups is 3. The Morgan fingerprint density at radius 3 is 2.78 bits per heavy atom. The molecular formula is C19H23F2N3O3. The van der Waals surface area contributed by atoms with Crippen molar-refractivity contribution < 1.29 is 23.2 Å². The summed E-state index contributed by atoms with van der Waals surface area (Å²) in [4.78, 5) is 38.4. The second kappa shape index (κ2) is 7.25. The third-order valence-corrected chi connectivity index (χ3v) is 5.61. The first-order chi connectivity index (χ1) is 12.7. The maximum atomic E-state index is 13.8. The lowest BCUT2D eigenvalue weighted by Crippen LogP contribution is -2.54. The maximum absolute atomic E-state index is 13.8. The molecule has 2 aliphatic rings. The number of halogens is 2. The molecule has 3 rings (SSSR count). The van der Waals surface area contributed by atoms with Crippen LogP contribution in [0, 0.1) is 17.6 Å². The van der Waals surface area contributed by atoms with E-state index in [4.69, 9.17) is 0 Å². The Balaban J connectivity index is 1.67. The summed E-state index contributed by atoms with van der Waals surface area (Å²) in [5.41, 5.74) is -0.802. The average Bonchev–Trinajstić information content (AvgIpc) is 2.82. The van der Waals surface area contributed by atoms with E-state index in [-0.39, 0.29) is 17.4 Å². The summed E-state index contributed by atoms with van der Waals surface area (Å²) in [7, 11) is 0. The van der Waals surface area contributed by atoms with E-state index in [1.807, 2.05) is 6.92 Å². The standard InChI is InChI=1S/C19H23F2N3O3/c1-11-5-3-4-8-19(11)17(26)24(18(27)23-19)10-16(25)22-12(2)14-7-6-13(20)9-15(14)21/h6-7,9,11-12H,3-5,8,10H2,1-2H3,(H,22,25)(H,23,27). The predicted octanol–water partition coefficient (Wildman–Crippen LogP) is 2.64. The molecule has 146 valence electrons. The zero-order chi connectivity index (χ0) is 19.8. The van der Waals surface area contributed by atoms with Gasteiger partial charge in [-0.3, -0.25) is 14.5 Å². The highest BCUT2D eigenvalue weighted by Gasteiger charge is 2.55. The molecule has 1 spiro atoms. The lowest BCUT2D eigenvalue weighted by atomic mass is 9.73. The zero-order valence-corrected chi connectivity index (χ0v) is 15.4. The molecule has 1 aromatic rings. The van der Waals surface area contributed by atoms with Gasteiger partial charge in [0.2, 0.25) is 5.91 Å². The van der Waals surface area contributed by atoms with Crippen molar-refractivity contribution in [1.29, 1.82) is 0 Å². The summed E-state index contributed by atoms with van der Waals surface area (Å²) in [6.45, 7) is 3.04. The third kappa shape index (κ3) is 3.52. The van der Waals surface area contributed by atoms with Gasteiger partial charge in [0.1, 0.15) is 23.7 Å². The molecule has 0 radical (unpaired) electrons. The number of urea groups is 1. The van der Waals surface area contributed by atoms with Crippen LogP contribution in [-0.2, 0) is 9.59 Å². The van der Waals surface area contributed by atoms with Crippen LogP contribution in [0.2, 0.25) is 0 Å². The maximum Gasteiger partial charge on any atom is 0.325 e. The van der Waals surface area contributed by atoms with E-state index in [1.54, 1.807) is 6.92 Å². The molecule has 8 heteroatoms. The number of benzene rings is 1. The highest BCUT2D eigenvalue weighted by molar-refractivity contribution is 6.09. The van der Waals surface area contributed by atoms with E-state index in [0.29, 0.717) is 6.42 Å². The summed E-state index contributed by atoms with van der Waals surface area (Å²) < 4.78 is 26.9. The van der Waals surface area contributed by atoms with Crippen molar-refractivity contribution >= 4 is 17.8 Å². The van der Waals surface area contributed by atoms with E-state index in [9.17, 15) is 23.2 Å². The molecule has 1 saturated carbocycles. The summed E-state index contributed by atoms with van der Waals surface area (Å²) in [5, 5.41) is 5.33. The van der Waals surface area contributed by atoms with Crippen LogP contribution in [0.25, 0.3) is 0 Å². The molecule has 0 bridgehead atoms. The monoisotopic (exact) mass is 379 g/mol. The van der Waals surface area contributed by atoms with Crippen LogP contribution < -0.4 is 10.6 Å². The second-order valence-electron chi connectivity index (χ2n) is 7.39. The minimum atomic E-state index is -0.926. The molecule has 2 N–H and O–H groups in total. The van der Waals surface area contributed by atoms with Crippen molar-refractivity contribution in [2.45, 2.75) is 51.1 Å². The molecule has 3 atom stereocenters. The molecule has 1 aliphatic carbocycles. The van der Waals surface area contributed by atoms with Gasteiger partial charge in [-0.2, -0.15) is 0 Å². The Morgan fingerprint density at radius 1 is 1.37 bits per heavy atom. The second-order valence-corrected chi connectivity index (χ2v) is 7.39. The first kappa shape index (κ1) is 19.3. The highest BCUT2D eigenvalue weighted by Crippen LogP contribution is 2.38. The first-order valence-electron chi connectivity index (χ1n) is 9.13. The molecule has 3 unspecified atom stereocenters. The van der Waals surface area contributed by atoms with Gasteiger partial charge < -0.3 is 10.6 Å². The molecule has 1 heterocycles. The number of nitrogens with one attached hydrogen (secondary N) is 2. The Labute approximate surface area is 156 Å². The minimum absolute atomic E-state index is 0.00277. The van der Waals surface area contributed by atoms with Crippen molar-refractivity contribution in [3.05, 3.63) is 35.4 Å². The van der Waals surface area contributed by atoms with Gasteiger partial charge in [-0.1, -0.05) is 25.8 Å². The molecule has 27 heavy (non-hydrogen) atoms. The molecule has 1 saturated heterocycles. The average molecular weight is 379 g/mol. The number of hydrogen-bond donors (Lipinski definition) is 2. The largest absolute Gasteiger partial charge is 0.348 e. The number of rotatable bonds is 4. The summed E-state index contributed by atoms with van der Waals surface area (Å²) >= 11 is 0. The van der Waals surface area contributed by atoms with Crippen LogP contribution in [-0.4, -0.2) is 34.8 Å². The van der Waals surface area contributed by atoms with Crippen molar-refractivity contribution in [2.75, 3.05) is 6.54 Å². The fourth-order valence-corrected chi connectivity index (χ4v) is 4.00. The zero-order valence-electron chi connectivity index (χ0n) is 15.4. The quantitative estimate of drug-likeness (QED) is 0.790. The van der Waals surface area contributed by atoms with E-state index in [0.717, 1.165) is 36.3 Å². The Kier molecular flexibility index (Phi) is 5.17. The summed E-state index contributed by atoms with van der Waals surface area (Å²) in [6, 6.07) is 1.78. The Bertz CT molecular complexity index is 785. The van der Waals surface area contributed by atoms with Crippen molar-refractivity contribution in [1.82, 2.24) is 15.5 Å².